The summed E-state index contributed by atoms with van der Waals surface area (Å²) in [6.07, 6.45) is 1.70. The molecule has 1 heterocycles. The predicted molar refractivity (Wildman–Crippen MR) is 85.6 cm³/mol. The summed E-state index contributed by atoms with van der Waals surface area (Å²) in [7, 11) is 0. The van der Waals surface area contributed by atoms with Crippen LogP contribution in [-0.4, -0.2) is 16.4 Å². The van der Waals surface area contributed by atoms with Crippen molar-refractivity contribution in [1.82, 2.24) is 9.78 Å². The summed E-state index contributed by atoms with van der Waals surface area (Å²) in [5.74, 6) is 0.770. The van der Waals surface area contributed by atoms with Crippen molar-refractivity contribution in [2.75, 3.05) is 6.61 Å². The van der Waals surface area contributed by atoms with E-state index in [0.717, 1.165) is 15.6 Å². The summed E-state index contributed by atoms with van der Waals surface area (Å²) in [6.45, 7) is 0.812. The van der Waals surface area contributed by atoms with Crippen molar-refractivity contribution in [3.05, 3.63) is 69.6 Å². The Labute approximate surface area is 130 Å². The lowest BCUT2D eigenvalue weighted by atomic mass is 10.2. The molecule has 0 aliphatic carbocycles. The third kappa shape index (κ3) is 3.13. The molecule has 0 unspecified atom stereocenters. The summed E-state index contributed by atoms with van der Waals surface area (Å²) in [4.78, 5) is 12.3. The van der Waals surface area contributed by atoms with Gasteiger partial charge in [-0.3, -0.25) is 4.79 Å². The third-order valence-corrected chi connectivity index (χ3v) is 3.68. The highest BCUT2D eigenvalue weighted by atomic mass is 79.9. The Balaban J connectivity index is 1.72. The van der Waals surface area contributed by atoms with E-state index >= 15 is 0 Å². The maximum atomic E-state index is 12.3. The second-order valence-corrected chi connectivity index (χ2v) is 5.48. The minimum absolute atomic E-state index is 0.0903. The van der Waals surface area contributed by atoms with Gasteiger partial charge in [-0.1, -0.05) is 34.1 Å². The molecule has 0 aliphatic rings. The van der Waals surface area contributed by atoms with Gasteiger partial charge in [0.15, 0.2) is 0 Å². The number of nitrogens with zero attached hydrogens (tertiary/aromatic N) is 2. The SMILES string of the molecule is O=c1c2ccccc2cnn1CCOc1ccc(Br)cc1. The van der Waals surface area contributed by atoms with E-state index < -0.39 is 0 Å². The number of ether oxygens (including phenoxy) is 1. The fraction of sp³-hybridized carbons (Fsp3) is 0.125. The largest absolute Gasteiger partial charge is 0.492 e. The molecular weight excluding hydrogens is 332 g/mol. The minimum atomic E-state index is -0.0903. The van der Waals surface area contributed by atoms with E-state index in [1.54, 1.807) is 6.20 Å². The lowest BCUT2D eigenvalue weighted by molar-refractivity contribution is 0.288. The molecule has 5 heteroatoms. The first-order chi connectivity index (χ1) is 10.2. The molecule has 0 atom stereocenters. The summed E-state index contributed by atoms with van der Waals surface area (Å²) >= 11 is 3.37. The molecule has 4 nitrogen and oxygen atoms in total. The van der Waals surface area contributed by atoms with Crippen LogP contribution >= 0.6 is 15.9 Å². The van der Waals surface area contributed by atoms with Gasteiger partial charge in [-0.05, 0) is 30.3 Å². The van der Waals surface area contributed by atoms with Gasteiger partial charge in [0.1, 0.15) is 12.4 Å². The summed E-state index contributed by atoms with van der Waals surface area (Å²) < 4.78 is 8.05. The Morgan fingerprint density at radius 3 is 2.67 bits per heavy atom. The normalized spacial score (nSPS) is 10.7. The number of halogens is 1. The van der Waals surface area contributed by atoms with Crippen molar-refractivity contribution in [1.29, 1.82) is 0 Å². The van der Waals surface area contributed by atoms with Crippen molar-refractivity contribution in [2.45, 2.75) is 6.54 Å². The summed E-state index contributed by atoms with van der Waals surface area (Å²) in [5, 5.41) is 5.70. The topological polar surface area (TPSA) is 44.1 Å². The molecule has 2 aromatic carbocycles. The first kappa shape index (κ1) is 13.8. The molecule has 21 heavy (non-hydrogen) atoms. The van der Waals surface area contributed by atoms with Crippen LogP contribution in [0.2, 0.25) is 0 Å². The zero-order valence-corrected chi connectivity index (χ0v) is 12.8. The van der Waals surface area contributed by atoms with Crippen LogP contribution in [0.3, 0.4) is 0 Å². The van der Waals surface area contributed by atoms with E-state index in [0.29, 0.717) is 18.5 Å². The smallest absolute Gasteiger partial charge is 0.274 e. The number of benzene rings is 2. The van der Waals surface area contributed by atoms with Crippen LogP contribution in [0.5, 0.6) is 5.75 Å². The van der Waals surface area contributed by atoms with Crippen LogP contribution in [0.4, 0.5) is 0 Å². The lowest BCUT2D eigenvalue weighted by Crippen LogP contribution is -2.25. The summed E-state index contributed by atoms with van der Waals surface area (Å²) in [6, 6.07) is 15.0. The van der Waals surface area contributed by atoms with E-state index in [1.165, 1.54) is 4.68 Å². The molecule has 0 amide bonds. The fourth-order valence-corrected chi connectivity index (χ4v) is 2.33. The molecule has 1 aromatic heterocycles. The monoisotopic (exact) mass is 344 g/mol. The average Bonchev–Trinajstić information content (AvgIpc) is 2.52. The van der Waals surface area contributed by atoms with Crippen molar-refractivity contribution >= 4 is 26.7 Å². The second kappa shape index (κ2) is 6.10. The van der Waals surface area contributed by atoms with Gasteiger partial charge in [0.2, 0.25) is 0 Å². The van der Waals surface area contributed by atoms with Gasteiger partial charge in [0.05, 0.1) is 18.1 Å². The van der Waals surface area contributed by atoms with Gasteiger partial charge < -0.3 is 4.74 Å². The van der Waals surface area contributed by atoms with Crippen molar-refractivity contribution in [3.63, 3.8) is 0 Å². The van der Waals surface area contributed by atoms with Gasteiger partial charge in [-0.2, -0.15) is 5.10 Å². The Kier molecular flexibility index (Phi) is 4.01. The highest BCUT2D eigenvalue weighted by Gasteiger charge is 2.03. The molecule has 0 fully saturated rings. The maximum Gasteiger partial charge on any atom is 0.274 e. The average molecular weight is 345 g/mol. The van der Waals surface area contributed by atoms with Gasteiger partial charge in [0.25, 0.3) is 5.56 Å². The van der Waals surface area contributed by atoms with Gasteiger partial charge in [-0.15, -0.1) is 0 Å². The quantitative estimate of drug-likeness (QED) is 0.729. The standard InChI is InChI=1S/C16H13BrN2O2/c17-13-5-7-14(8-6-13)21-10-9-19-16(20)15-4-2-1-3-12(15)11-18-19/h1-8,11H,9-10H2. The summed E-state index contributed by atoms with van der Waals surface area (Å²) in [5.41, 5.74) is -0.0903. The van der Waals surface area contributed by atoms with Gasteiger partial charge in [-0.25, -0.2) is 4.68 Å². The van der Waals surface area contributed by atoms with E-state index in [9.17, 15) is 4.79 Å². The van der Waals surface area contributed by atoms with Gasteiger partial charge >= 0.3 is 0 Å². The highest BCUT2D eigenvalue weighted by molar-refractivity contribution is 9.10. The van der Waals surface area contributed by atoms with Crippen LogP contribution in [0.1, 0.15) is 0 Å². The molecule has 3 aromatic rings. The maximum absolute atomic E-state index is 12.3. The molecule has 106 valence electrons. The molecule has 0 bridgehead atoms. The van der Waals surface area contributed by atoms with Crippen molar-refractivity contribution in [3.8, 4) is 5.75 Å². The molecule has 0 spiro atoms. The van der Waals surface area contributed by atoms with Crippen LogP contribution < -0.4 is 10.3 Å². The van der Waals surface area contributed by atoms with Crippen molar-refractivity contribution in [2.24, 2.45) is 0 Å². The first-order valence-electron chi connectivity index (χ1n) is 6.57. The number of hydrogen-bond donors (Lipinski definition) is 0. The zero-order valence-electron chi connectivity index (χ0n) is 11.2. The molecule has 0 N–H and O–H groups in total. The van der Waals surface area contributed by atoms with Crippen molar-refractivity contribution < 1.29 is 4.74 Å². The number of hydrogen-bond acceptors (Lipinski definition) is 3. The zero-order chi connectivity index (χ0) is 14.7. The minimum Gasteiger partial charge on any atom is -0.492 e. The Bertz CT molecular complexity index is 812. The molecule has 0 radical (unpaired) electrons. The fourth-order valence-electron chi connectivity index (χ4n) is 2.07. The predicted octanol–water partition coefficient (Wildman–Crippen LogP) is 3.24. The van der Waals surface area contributed by atoms with E-state index in [2.05, 4.69) is 21.0 Å². The van der Waals surface area contributed by atoms with E-state index in [1.807, 2.05) is 48.5 Å². The Hall–Kier alpha value is -2.14. The Morgan fingerprint density at radius 2 is 1.86 bits per heavy atom. The van der Waals surface area contributed by atoms with E-state index in [-0.39, 0.29) is 5.56 Å². The number of rotatable bonds is 4. The molecule has 0 saturated carbocycles. The second-order valence-electron chi connectivity index (χ2n) is 4.56. The lowest BCUT2D eigenvalue weighted by Gasteiger charge is -2.08. The van der Waals surface area contributed by atoms with Crippen LogP contribution in [0.15, 0.2) is 64.0 Å². The molecule has 0 saturated heterocycles. The molecule has 3 rings (SSSR count). The Morgan fingerprint density at radius 1 is 1.10 bits per heavy atom. The van der Waals surface area contributed by atoms with E-state index in [4.69, 9.17) is 4.74 Å². The number of aromatic nitrogens is 2. The number of fused-ring (bicyclic) bond motifs is 1. The van der Waals surface area contributed by atoms with Crippen LogP contribution in [0, 0.1) is 0 Å². The highest BCUT2D eigenvalue weighted by Crippen LogP contribution is 2.16. The molecule has 0 aliphatic heterocycles. The first-order valence-corrected chi connectivity index (χ1v) is 7.36. The molecular formula is C16H13BrN2O2. The van der Waals surface area contributed by atoms with Gasteiger partial charge in [0, 0.05) is 9.86 Å². The van der Waals surface area contributed by atoms with Crippen LogP contribution in [0.25, 0.3) is 10.8 Å². The van der Waals surface area contributed by atoms with Crippen LogP contribution in [-0.2, 0) is 6.54 Å². The third-order valence-electron chi connectivity index (χ3n) is 3.15.